The molecule has 1 aromatic rings. The van der Waals surface area contributed by atoms with Crippen molar-refractivity contribution in [2.24, 2.45) is 0 Å². The van der Waals surface area contributed by atoms with Crippen molar-refractivity contribution in [1.29, 1.82) is 0 Å². The third-order valence-electron chi connectivity index (χ3n) is 2.77. The van der Waals surface area contributed by atoms with Gasteiger partial charge in [0, 0.05) is 6.04 Å². The first-order chi connectivity index (χ1) is 8.82. The lowest BCUT2D eigenvalue weighted by Gasteiger charge is -2.22. The Balaban J connectivity index is 2.15. The fourth-order valence-electron chi connectivity index (χ4n) is 1.94. The van der Waals surface area contributed by atoms with Crippen molar-refractivity contribution in [3.05, 3.63) is 17.9 Å². The van der Waals surface area contributed by atoms with Crippen LogP contribution >= 0.6 is 0 Å². The van der Waals surface area contributed by atoms with Crippen molar-refractivity contribution in [2.45, 2.75) is 24.0 Å². The van der Waals surface area contributed by atoms with Crippen LogP contribution in [0.3, 0.4) is 0 Å². The summed E-state index contributed by atoms with van der Waals surface area (Å²) in [5.41, 5.74) is 0. The van der Waals surface area contributed by atoms with Crippen LogP contribution in [-0.2, 0) is 19.9 Å². The van der Waals surface area contributed by atoms with Crippen LogP contribution in [0.15, 0.2) is 21.6 Å². The molecule has 1 unspecified atom stereocenters. The van der Waals surface area contributed by atoms with E-state index in [9.17, 15) is 21.6 Å². The highest BCUT2D eigenvalue weighted by atomic mass is 32.2. The molecule has 1 aliphatic heterocycles. The third kappa shape index (κ3) is 3.43. The largest absolute Gasteiger partial charge is 0.440 e. The van der Waals surface area contributed by atoms with Gasteiger partial charge in [-0.25, -0.2) is 21.6 Å². The summed E-state index contributed by atoms with van der Waals surface area (Å²) in [7, 11) is -7.14. The van der Waals surface area contributed by atoms with Crippen LogP contribution in [0.1, 0.15) is 23.4 Å². The summed E-state index contributed by atoms with van der Waals surface area (Å²) in [5, 5.41) is -0.391. The van der Waals surface area contributed by atoms with Crippen molar-refractivity contribution in [3.8, 4) is 0 Å². The smallest absolute Gasteiger partial charge is 0.274 e. The quantitative estimate of drug-likeness (QED) is 0.781. The van der Waals surface area contributed by atoms with Crippen molar-refractivity contribution >= 4 is 26.1 Å². The summed E-state index contributed by atoms with van der Waals surface area (Å²) in [6.07, 6.45) is 1.27. The second-order valence-corrected chi connectivity index (χ2v) is 8.22. The second-order valence-electron chi connectivity index (χ2n) is 4.35. The molecule has 0 amide bonds. The van der Waals surface area contributed by atoms with Gasteiger partial charge in [0.2, 0.25) is 5.09 Å². The highest BCUT2D eigenvalue weighted by Gasteiger charge is 2.30. The number of carbonyl (C=O) groups excluding carboxylic acids is 1. The molecule has 1 aromatic heterocycles. The van der Waals surface area contributed by atoms with E-state index < -0.39 is 31.0 Å². The van der Waals surface area contributed by atoms with Crippen molar-refractivity contribution in [3.63, 3.8) is 0 Å². The minimum absolute atomic E-state index is 0.0846. The standard InChI is InChI=1S/C10H13NO6S2/c12-6-9-3-4-10(17-9)19(15,16)11-8-2-1-5-18(13,14)7-8/h3-4,6,8,11H,1-2,5,7H2. The zero-order valence-corrected chi connectivity index (χ0v) is 11.5. The average molecular weight is 307 g/mol. The number of aldehydes is 1. The number of sulfonamides is 1. The molecule has 0 aromatic carbocycles. The van der Waals surface area contributed by atoms with E-state index in [0.717, 1.165) is 6.07 Å². The van der Waals surface area contributed by atoms with Crippen LogP contribution in [0.4, 0.5) is 0 Å². The molecular weight excluding hydrogens is 294 g/mol. The number of carbonyl (C=O) groups is 1. The number of sulfone groups is 1. The fourth-order valence-corrected chi connectivity index (χ4v) is 4.89. The Morgan fingerprint density at radius 1 is 1.37 bits per heavy atom. The molecule has 106 valence electrons. The van der Waals surface area contributed by atoms with Crippen LogP contribution in [0, 0.1) is 0 Å². The van der Waals surface area contributed by atoms with Gasteiger partial charge in [0.1, 0.15) is 0 Å². The van der Waals surface area contributed by atoms with Gasteiger partial charge in [-0.15, -0.1) is 0 Å². The summed E-state index contributed by atoms with van der Waals surface area (Å²) >= 11 is 0. The first-order valence-corrected chi connectivity index (χ1v) is 8.91. The van der Waals surface area contributed by atoms with Gasteiger partial charge >= 0.3 is 0 Å². The van der Waals surface area contributed by atoms with Gasteiger partial charge in [-0.1, -0.05) is 0 Å². The van der Waals surface area contributed by atoms with Crippen LogP contribution in [0.5, 0.6) is 0 Å². The van der Waals surface area contributed by atoms with E-state index in [4.69, 9.17) is 4.42 Å². The van der Waals surface area contributed by atoms with Gasteiger partial charge in [0.15, 0.2) is 21.9 Å². The zero-order chi connectivity index (χ0) is 14.1. The van der Waals surface area contributed by atoms with Gasteiger partial charge in [-0.2, -0.15) is 0 Å². The molecule has 0 aliphatic carbocycles. The molecule has 2 rings (SSSR count). The van der Waals surface area contributed by atoms with E-state index in [1.54, 1.807) is 0 Å². The average Bonchev–Trinajstić information content (AvgIpc) is 2.76. The second kappa shape index (κ2) is 5.06. The lowest BCUT2D eigenvalue weighted by atomic mass is 10.2. The van der Waals surface area contributed by atoms with E-state index in [1.165, 1.54) is 6.07 Å². The number of nitrogens with one attached hydrogen (secondary N) is 1. The van der Waals surface area contributed by atoms with Gasteiger partial charge in [0.05, 0.1) is 11.5 Å². The van der Waals surface area contributed by atoms with Crippen molar-refractivity contribution in [2.75, 3.05) is 11.5 Å². The number of hydrogen-bond donors (Lipinski definition) is 1. The van der Waals surface area contributed by atoms with Gasteiger partial charge in [-0.05, 0) is 25.0 Å². The normalized spacial score (nSPS) is 23.1. The molecule has 7 nitrogen and oxygen atoms in total. The predicted molar refractivity (Wildman–Crippen MR) is 66.1 cm³/mol. The van der Waals surface area contributed by atoms with Gasteiger partial charge < -0.3 is 4.42 Å². The Hall–Kier alpha value is -1.19. The Labute approximate surface area is 111 Å². The highest BCUT2D eigenvalue weighted by Crippen LogP contribution is 2.17. The maximum Gasteiger partial charge on any atom is 0.274 e. The predicted octanol–water partition coefficient (Wildman–Crippen LogP) is -0.0524. The topological polar surface area (TPSA) is 111 Å². The first kappa shape index (κ1) is 14.2. The summed E-state index contributed by atoms with van der Waals surface area (Å²) in [5.74, 6) is -0.231. The van der Waals surface area contributed by atoms with Crippen LogP contribution in [0.2, 0.25) is 0 Å². The van der Waals surface area contributed by atoms with E-state index >= 15 is 0 Å². The fraction of sp³-hybridized carbons (Fsp3) is 0.500. The molecule has 2 heterocycles. The Kier molecular flexibility index (Phi) is 3.79. The molecule has 1 saturated heterocycles. The molecular formula is C10H13NO6S2. The van der Waals surface area contributed by atoms with E-state index in [-0.39, 0.29) is 17.3 Å². The lowest BCUT2D eigenvalue weighted by Crippen LogP contribution is -2.43. The van der Waals surface area contributed by atoms with Crippen molar-refractivity contribution in [1.82, 2.24) is 4.72 Å². The SMILES string of the molecule is O=Cc1ccc(S(=O)(=O)NC2CCCS(=O)(=O)C2)o1. The molecule has 0 saturated carbocycles. The minimum Gasteiger partial charge on any atom is -0.440 e. The molecule has 0 radical (unpaired) electrons. The van der Waals surface area contributed by atoms with Crippen molar-refractivity contribution < 1.29 is 26.0 Å². The first-order valence-electron chi connectivity index (χ1n) is 5.60. The highest BCUT2D eigenvalue weighted by molar-refractivity contribution is 7.91. The summed E-state index contributed by atoms with van der Waals surface area (Å²) < 4.78 is 53.8. The summed E-state index contributed by atoms with van der Waals surface area (Å²) in [6.45, 7) is 0. The lowest BCUT2D eigenvalue weighted by molar-refractivity contribution is 0.109. The van der Waals surface area contributed by atoms with Crippen LogP contribution in [0.25, 0.3) is 0 Å². The monoisotopic (exact) mass is 307 g/mol. The third-order valence-corrected chi connectivity index (χ3v) is 5.98. The Bertz CT molecular complexity index is 673. The van der Waals surface area contributed by atoms with E-state index in [0.29, 0.717) is 19.1 Å². The summed E-state index contributed by atoms with van der Waals surface area (Å²) in [6, 6.07) is 1.73. The van der Waals surface area contributed by atoms with Gasteiger partial charge in [-0.3, -0.25) is 4.79 Å². The molecule has 0 spiro atoms. The molecule has 9 heteroatoms. The maximum absolute atomic E-state index is 11.9. The molecule has 1 fully saturated rings. The van der Waals surface area contributed by atoms with E-state index in [2.05, 4.69) is 4.72 Å². The van der Waals surface area contributed by atoms with E-state index in [1.807, 2.05) is 0 Å². The maximum atomic E-state index is 11.9. The number of rotatable bonds is 4. The van der Waals surface area contributed by atoms with Crippen LogP contribution < -0.4 is 4.72 Å². The molecule has 1 aliphatic rings. The van der Waals surface area contributed by atoms with Gasteiger partial charge in [0.25, 0.3) is 10.0 Å². The Morgan fingerprint density at radius 2 is 2.11 bits per heavy atom. The number of furan rings is 1. The number of hydrogen-bond acceptors (Lipinski definition) is 6. The molecule has 1 N–H and O–H groups in total. The molecule has 1 atom stereocenters. The molecule has 19 heavy (non-hydrogen) atoms. The molecule has 0 bridgehead atoms. The minimum atomic E-state index is -3.94. The summed E-state index contributed by atoms with van der Waals surface area (Å²) in [4.78, 5) is 10.4. The Morgan fingerprint density at radius 3 is 2.68 bits per heavy atom. The zero-order valence-electron chi connectivity index (χ0n) is 9.90. The van der Waals surface area contributed by atoms with Crippen LogP contribution in [-0.4, -0.2) is 40.7 Å².